The van der Waals surface area contributed by atoms with Crippen molar-refractivity contribution in [1.29, 1.82) is 0 Å². The largest absolute Gasteiger partial charge is 0.370 e. The van der Waals surface area contributed by atoms with Crippen LogP contribution in [0.1, 0.15) is 11.1 Å². The first-order valence-corrected chi connectivity index (χ1v) is 6.03. The van der Waals surface area contributed by atoms with E-state index in [9.17, 15) is 8.78 Å². The van der Waals surface area contributed by atoms with Crippen LogP contribution in [0, 0.1) is 11.6 Å². The Labute approximate surface area is 111 Å². The van der Waals surface area contributed by atoms with Gasteiger partial charge in [-0.3, -0.25) is 0 Å². The van der Waals surface area contributed by atoms with Gasteiger partial charge in [0.2, 0.25) is 0 Å². The molecule has 100 valence electrons. The highest BCUT2D eigenvalue weighted by atomic mass is 19.1. The summed E-state index contributed by atoms with van der Waals surface area (Å²) in [6.07, 6.45) is 0. The van der Waals surface area contributed by atoms with Gasteiger partial charge < -0.3 is 10.6 Å². The van der Waals surface area contributed by atoms with Crippen LogP contribution in [-0.2, 0) is 13.1 Å². The van der Waals surface area contributed by atoms with Gasteiger partial charge in [0.1, 0.15) is 11.6 Å². The van der Waals surface area contributed by atoms with Gasteiger partial charge in [0.05, 0.1) is 0 Å². The van der Waals surface area contributed by atoms with Gasteiger partial charge in [0, 0.05) is 25.8 Å². The van der Waals surface area contributed by atoms with E-state index in [4.69, 9.17) is 5.73 Å². The molecule has 0 unspecified atom stereocenters. The van der Waals surface area contributed by atoms with E-state index < -0.39 is 0 Å². The van der Waals surface area contributed by atoms with E-state index in [0.717, 1.165) is 16.8 Å². The molecule has 0 aliphatic heterocycles. The second kappa shape index (κ2) is 5.80. The third-order valence-corrected chi connectivity index (χ3v) is 2.93. The highest BCUT2D eigenvalue weighted by Gasteiger charge is 2.06. The molecule has 0 spiro atoms. The lowest BCUT2D eigenvalue weighted by Gasteiger charge is -2.20. The first-order valence-electron chi connectivity index (χ1n) is 6.03. The quantitative estimate of drug-likeness (QED) is 0.917. The number of benzene rings is 2. The highest BCUT2D eigenvalue weighted by Crippen LogP contribution is 2.19. The molecule has 2 aromatic rings. The van der Waals surface area contributed by atoms with E-state index in [2.05, 4.69) is 0 Å². The van der Waals surface area contributed by atoms with E-state index in [1.807, 2.05) is 24.1 Å². The molecule has 0 fully saturated rings. The molecule has 2 nitrogen and oxygen atoms in total. The molecule has 19 heavy (non-hydrogen) atoms. The monoisotopic (exact) mass is 262 g/mol. The first-order chi connectivity index (χ1) is 9.08. The van der Waals surface area contributed by atoms with Gasteiger partial charge >= 0.3 is 0 Å². The van der Waals surface area contributed by atoms with E-state index in [1.54, 1.807) is 6.07 Å². The molecule has 0 bridgehead atoms. The average molecular weight is 262 g/mol. The minimum absolute atomic E-state index is 0.271. The molecular formula is C15H16F2N2. The molecule has 2 N–H and O–H groups in total. The molecule has 0 aliphatic rings. The van der Waals surface area contributed by atoms with Crippen molar-refractivity contribution in [3.63, 3.8) is 0 Å². The summed E-state index contributed by atoms with van der Waals surface area (Å²) in [5.74, 6) is -0.586. The minimum Gasteiger partial charge on any atom is -0.370 e. The molecule has 2 aromatic carbocycles. The summed E-state index contributed by atoms with van der Waals surface area (Å²) in [6, 6.07) is 11.1. The molecule has 0 aliphatic carbocycles. The number of rotatable bonds is 4. The molecular weight excluding hydrogens is 246 g/mol. The summed E-state index contributed by atoms with van der Waals surface area (Å²) in [7, 11) is 1.83. The van der Waals surface area contributed by atoms with Gasteiger partial charge in [-0.1, -0.05) is 12.1 Å². The average Bonchev–Trinajstić information content (AvgIpc) is 2.38. The lowest BCUT2D eigenvalue weighted by molar-refractivity contribution is 0.622. The van der Waals surface area contributed by atoms with E-state index in [0.29, 0.717) is 13.1 Å². The standard InChI is InChI=1S/C15H16F2N2/c1-19(10-11-3-2-4-13(16)5-11)15-7-12(9-18)6-14(17)8-15/h2-8H,9-10,18H2,1H3. The van der Waals surface area contributed by atoms with Gasteiger partial charge in [-0.2, -0.15) is 0 Å². The predicted octanol–water partition coefficient (Wildman–Crippen LogP) is 3.06. The van der Waals surface area contributed by atoms with Gasteiger partial charge in [0.25, 0.3) is 0 Å². The summed E-state index contributed by atoms with van der Waals surface area (Å²) in [6.45, 7) is 0.795. The highest BCUT2D eigenvalue weighted by molar-refractivity contribution is 5.49. The summed E-state index contributed by atoms with van der Waals surface area (Å²) < 4.78 is 26.5. The van der Waals surface area contributed by atoms with Gasteiger partial charge in [-0.15, -0.1) is 0 Å². The second-order valence-corrected chi connectivity index (χ2v) is 4.51. The number of nitrogens with two attached hydrogens (primary N) is 1. The van der Waals surface area contributed by atoms with E-state index in [-0.39, 0.29) is 11.6 Å². The van der Waals surface area contributed by atoms with Crippen LogP contribution < -0.4 is 10.6 Å². The third-order valence-electron chi connectivity index (χ3n) is 2.93. The Morgan fingerprint density at radius 1 is 1.00 bits per heavy atom. The number of hydrogen-bond donors (Lipinski definition) is 1. The summed E-state index contributed by atoms with van der Waals surface area (Å²) in [5.41, 5.74) is 7.82. The summed E-state index contributed by atoms with van der Waals surface area (Å²) in [4.78, 5) is 1.86. The molecule has 0 amide bonds. The van der Waals surface area contributed by atoms with Crippen LogP contribution in [0.3, 0.4) is 0 Å². The van der Waals surface area contributed by atoms with Crippen molar-refractivity contribution in [2.45, 2.75) is 13.1 Å². The Bertz CT molecular complexity index is 570. The van der Waals surface area contributed by atoms with Crippen LogP contribution in [0.15, 0.2) is 42.5 Å². The Morgan fingerprint density at radius 2 is 1.74 bits per heavy atom. The molecule has 0 atom stereocenters. The molecule has 0 radical (unpaired) electrons. The molecule has 0 saturated heterocycles. The van der Waals surface area contributed by atoms with Crippen LogP contribution >= 0.6 is 0 Å². The van der Waals surface area contributed by atoms with Crippen molar-refractivity contribution < 1.29 is 8.78 Å². The maximum absolute atomic E-state index is 13.4. The molecule has 2 rings (SSSR count). The lowest BCUT2D eigenvalue weighted by Crippen LogP contribution is -2.17. The SMILES string of the molecule is CN(Cc1cccc(F)c1)c1cc(F)cc(CN)c1. The predicted molar refractivity (Wildman–Crippen MR) is 72.8 cm³/mol. The van der Waals surface area contributed by atoms with E-state index >= 15 is 0 Å². The molecule has 0 heterocycles. The van der Waals surface area contributed by atoms with E-state index in [1.165, 1.54) is 24.3 Å². The lowest BCUT2D eigenvalue weighted by atomic mass is 10.1. The summed E-state index contributed by atoms with van der Waals surface area (Å²) >= 11 is 0. The van der Waals surface area contributed by atoms with Crippen LogP contribution in [0.2, 0.25) is 0 Å². The van der Waals surface area contributed by atoms with Crippen LogP contribution in [-0.4, -0.2) is 7.05 Å². The van der Waals surface area contributed by atoms with Crippen molar-refractivity contribution in [3.05, 3.63) is 65.2 Å². The van der Waals surface area contributed by atoms with Crippen LogP contribution in [0.4, 0.5) is 14.5 Å². The third kappa shape index (κ3) is 3.51. The zero-order chi connectivity index (χ0) is 13.8. The van der Waals surface area contributed by atoms with Crippen molar-refractivity contribution in [1.82, 2.24) is 0 Å². The van der Waals surface area contributed by atoms with Gasteiger partial charge in [-0.05, 0) is 41.5 Å². The Balaban J connectivity index is 2.20. The van der Waals surface area contributed by atoms with Crippen molar-refractivity contribution in [2.24, 2.45) is 5.73 Å². The number of anilines is 1. The zero-order valence-electron chi connectivity index (χ0n) is 10.7. The fraction of sp³-hybridized carbons (Fsp3) is 0.200. The minimum atomic E-state index is -0.316. The van der Waals surface area contributed by atoms with Crippen LogP contribution in [0.5, 0.6) is 0 Å². The fourth-order valence-electron chi connectivity index (χ4n) is 1.97. The van der Waals surface area contributed by atoms with Crippen molar-refractivity contribution >= 4 is 5.69 Å². The van der Waals surface area contributed by atoms with Crippen molar-refractivity contribution in [2.75, 3.05) is 11.9 Å². The zero-order valence-corrected chi connectivity index (χ0v) is 10.7. The van der Waals surface area contributed by atoms with Gasteiger partial charge in [0.15, 0.2) is 0 Å². The normalized spacial score (nSPS) is 10.5. The topological polar surface area (TPSA) is 29.3 Å². The molecule has 0 aromatic heterocycles. The number of nitrogens with zero attached hydrogens (tertiary/aromatic N) is 1. The first kappa shape index (κ1) is 13.5. The number of hydrogen-bond acceptors (Lipinski definition) is 2. The fourth-order valence-corrected chi connectivity index (χ4v) is 1.97. The smallest absolute Gasteiger partial charge is 0.125 e. The maximum Gasteiger partial charge on any atom is 0.125 e. The van der Waals surface area contributed by atoms with Crippen LogP contribution in [0.25, 0.3) is 0 Å². The Hall–Kier alpha value is -1.94. The molecule has 4 heteroatoms. The molecule has 0 saturated carbocycles. The van der Waals surface area contributed by atoms with Gasteiger partial charge in [-0.25, -0.2) is 8.78 Å². The van der Waals surface area contributed by atoms with Crippen molar-refractivity contribution in [3.8, 4) is 0 Å². The number of halogens is 2. The Kier molecular flexibility index (Phi) is 4.12. The summed E-state index contributed by atoms with van der Waals surface area (Å²) in [5, 5.41) is 0. The second-order valence-electron chi connectivity index (χ2n) is 4.51. The Morgan fingerprint density at radius 3 is 2.42 bits per heavy atom. The maximum atomic E-state index is 13.4.